The summed E-state index contributed by atoms with van der Waals surface area (Å²) < 4.78 is 1.50. The number of nitrogens with zero attached hydrogens (tertiary/aromatic N) is 4. The summed E-state index contributed by atoms with van der Waals surface area (Å²) in [6.45, 7) is 5.74. The third-order valence-electron chi connectivity index (χ3n) is 4.39. The highest BCUT2D eigenvalue weighted by Gasteiger charge is 2.26. The third kappa shape index (κ3) is 4.03. The lowest BCUT2D eigenvalue weighted by Crippen LogP contribution is -2.41. The van der Waals surface area contributed by atoms with Gasteiger partial charge in [-0.05, 0) is 45.4 Å². The van der Waals surface area contributed by atoms with Gasteiger partial charge in [0.1, 0.15) is 17.8 Å². The van der Waals surface area contributed by atoms with Gasteiger partial charge in [-0.25, -0.2) is 4.68 Å². The highest BCUT2D eigenvalue weighted by molar-refractivity contribution is 5.75. The van der Waals surface area contributed by atoms with Crippen LogP contribution in [0.25, 0.3) is 0 Å². The second kappa shape index (κ2) is 6.13. The van der Waals surface area contributed by atoms with Crippen LogP contribution in [0.15, 0.2) is 6.20 Å². The summed E-state index contributed by atoms with van der Waals surface area (Å²) in [4.78, 5) is 14.2. The molecule has 118 valence electrons. The second-order valence-electron chi connectivity index (χ2n) is 6.78. The highest BCUT2D eigenvalue weighted by Crippen LogP contribution is 2.26. The molecule has 1 aromatic heterocycles. The fraction of sp³-hybridized carbons (Fsp3) is 0.800. The first kappa shape index (κ1) is 15.9. The summed E-state index contributed by atoms with van der Waals surface area (Å²) in [5.41, 5.74) is -0.559. The van der Waals surface area contributed by atoms with Gasteiger partial charge in [-0.3, -0.25) is 4.79 Å². The van der Waals surface area contributed by atoms with Crippen LogP contribution >= 0.6 is 0 Å². The van der Waals surface area contributed by atoms with E-state index in [1.54, 1.807) is 20.0 Å². The molecule has 6 heteroatoms. The number of carbonyl (C=O) groups excluding carboxylic acids is 1. The van der Waals surface area contributed by atoms with E-state index in [4.69, 9.17) is 0 Å². The van der Waals surface area contributed by atoms with Gasteiger partial charge in [-0.2, -0.15) is 0 Å². The van der Waals surface area contributed by atoms with Crippen molar-refractivity contribution in [1.29, 1.82) is 0 Å². The molecule has 0 aromatic carbocycles. The molecule has 1 heterocycles. The maximum absolute atomic E-state index is 12.3. The molecule has 2 rings (SSSR count). The minimum Gasteiger partial charge on any atom is -0.384 e. The first-order chi connectivity index (χ1) is 9.77. The van der Waals surface area contributed by atoms with Gasteiger partial charge < -0.3 is 10.0 Å². The van der Waals surface area contributed by atoms with Crippen molar-refractivity contribution in [3.63, 3.8) is 0 Å². The molecule has 0 aliphatic heterocycles. The Bertz CT molecular complexity index is 484. The van der Waals surface area contributed by atoms with Crippen molar-refractivity contribution in [3.8, 4) is 0 Å². The predicted octanol–water partition coefficient (Wildman–Crippen LogP) is 1.54. The zero-order valence-electron chi connectivity index (χ0n) is 13.4. The summed E-state index contributed by atoms with van der Waals surface area (Å²) in [5.74, 6) is 0.816. The quantitative estimate of drug-likeness (QED) is 0.914. The molecule has 1 aliphatic rings. The van der Waals surface area contributed by atoms with Crippen molar-refractivity contribution in [3.05, 3.63) is 11.9 Å². The third-order valence-corrected chi connectivity index (χ3v) is 4.39. The van der Waals surface area contributed by atoms with E-state index in [0.29, 0.717) is 11.7 Å². The molecule has 1 N–H and O–H groups in total. The molecule has 1 aliphatic carbocycles. The van der Waals surface area contributed by atoms with Crippen LogP contribution in [0, 0.1) is 5.92 Å². The number of rotatable bonds is 4. The standard InChI is InChI=1S/C15H26N4O2/c1-11-5-7-12(8-6-11)18(4)14(20)10-19-9-13(16-17-19)15(2,3)21/h9,11-12,21H,5-8,10H2,1-4H3. The molecule has 0 radical (unpaired) electrons. The van der Waals surface area contributed by atoms with Crippen LogP contribution in [0.1, 0.15) is 52.1 Å². The lowest BCUT2D eigenvalue weighted by atomic mass is 9.87. The van der Waals surface area contributed by atoms with Gasteiger partial charge in [0.25, 0.3) is 0 Å². The van der Waals surface area contributed by atoms with Crippen LogP contribution in [0.2, 0.25) is 0 Å². The smallest absolute Gasteiger partial charge is 0.244 e. The molecule has 0 saturated heterocycles. The molecule has 0 unspecified atom stereocenters. The van der Waals surface area contributed by atoms with Gasteiger partial charge in [0.15, 0.2) is 0 Å². The van der Waals surface area contributed by atoms with E-state index in [2.05, 4.69) is 17.2 Å². The van der Waals surface area contributed by atoms with E-state index < -0.39 is 5.60 Å². The molecular weight excluding hydrogens is 268 g/mol. The minimum atomic E-state index is -1.04. The van der Waals surface area contributed by atoms with Crippen LogP contribution in [-0.4, -0.2) is 44.0 Å². The molecule has 21 heavy (non-hydrogen) atoms. The monoisotopic (exact) mass is 294 g/mol. The Morgan fingerprint density at radius 2 is 2.05 bits per heavy atom. The Kier molecular flexibility index (Phi) is 4.66. The lowest BCUT2D eigenvalue weighted by molar-refractivity contribution is -0.133. The predicted molar refractivity (Wildman–Crippen MR) is 79.5 cm³/mol. The molecule has 1 amide bonds. The largest absolute Gasteiger partial charge is 0.384 e. The Balaban J connectivity index is 1.93. The van der Waals surface area contributed by atoms with Gasteiger partial charge in [0, 0.05) is 13.1 Å². The van der Waals surface area contributed by atoms with E-state index in [1.807, 2.05) is 11.9 Å². The molecule has 1 aromatic rings. The van der Waals surface area contributed by atoms with Crippen molar-refractivity contribution in [2.75, 3.05) is 7.05 Å². The molecular formula is C15H26N4O2. The molecule has 1 saturated carbocycles. The minimum absolute atomic E-state index is 0.0433. The Hall–Kier alpha value is -1.43. The van der Waals surface area contributed by atoms with Gasteiger partial charge in [0.2, 0.25) is 5.91 Å². The Morgan fingerprint density at radius 1 is 1.43 bits per heavy atom. The zero-order chi connectivity index (χ0) is 15.6. The number of aromatic nitrogens is 3. The van der Waals surface area contributed by atoms with Crippen LogP contribution in [0.5, 0.6) is 0 Å². The van der Waals surface area contributed by atoms with E-state index in [9.17, 15) is 9.90 Å². The van der Waals surface area contributed by atoms with Crippen molar-refractivity contribution >= 4 is 5.91 Å². The van der Waals surface area contributed by atoms with Crippen LogP contribution in [0.3, 0.4) is 0 Å². The summed E-state index contributed by atoms with van der Waals surface area (Å²) in [6.07, 6.45) is 6.17. The first-order valence-electron chi connectivity index (χ1n) is 7.66. The van der Waals surface area contributed by atoms with E-state index in [-0.39, 0.29) is 12.5 Å². The average molecular weight is 294 g/mol. The topological polar surface area (TPSA) is 71.2 Å². The summed E-state index contributed by atoms with van der Waals surface area (Å²) in [7, 11) is 1.87. The van der Waals surface area contributed by atoms with Crippen molar-refractivity contribution in [1.82, 2.24) is 19.9 Å². The molecule has 6 nitrogen and oxygen atoms in total. The Labute approximate surface area is 126 Å². The average Bonchev–Trinajstić information content (AvgIpc) is 2.87. The lowest BCUT2D eigenvalue weighted by Gasteiger charge is -2.33. The number of likely N-dealkylation sites (N-methyl/N-ethyl adjacent to an activating group) is 1. The number of hydrogen-bond acceptors (Lipinski definition) is 4. The maximum Gasteiger partial charge on any atom is 0.244 e. The molecule has 0 atom stereocenters. The number of carbonyl (C=O) groups is 1. The van der Waals surface area contributed by atoms with Gasteiger partial charge in [0.05, 0.1) is 6.20 Å². The summed E-state index contributed by atoms with van der Waals surface area (Å²) in [5, 5.41) is 17.7. The van der Waals surface area contributed by atoms with Crippen LogP contribution in [0.4, 0.5) is 0 Å². The van der Waals surface area contributed by atoms with E-state index in [0.717, 1.165) is 18.8 Å². The normalized spacial score (nSPS) is 23.1. The van der Waals surface area contributed by atoms with Gasteiger partial charge in [-0.1, -0.05) is 12.1 Å². The SMILES string of the molecule is CC1CCC(N(C)C(=O)Cn2cc(C(C)(C)O)nn2)CC1. The molecule has 0 spiro atoms. The zero-order valence-corrected chi connectivity index (χ0v) is 13.4. The fourth-order valence-corrected chi connectivity index (χ4v) is 2.74. The highest BCUT2D eigenvalue weighted by atomic mass is 16.3. The fourth-order valence-electron chi connectivity index (χ4n) is 2.74. The first-order valence-corrected chi connectivity index (χ1v) is 7.66. The summed E-state index contributed by atoms with van der Waals surface area (Å²) in [6, 6.07) is 0.339. The van der Waals surface area contributed by atoms with Crippen LogP contribution in [-0.2, 0) is 16.9 Å². The number of aliphatic hydroxyl groups is 1. The maximum atomic E-state index is 12.3. The Morgan fingerprint density at radius 3 is 2.57 bits per heavy atom. The van der Waals surface area contributed by atoms with Crippen molar-refractivity contribution < 1.29 is 9.90 Å². The van der Waals surface area contributed by atoms with Crippen molar-refractivity contribution in [2.45, 2.75) is 64.6 Å². The van der Waals surface area contributed by atoms with Crippen molar-refractivity contribution in [2.24, 2.45) is 5.92 Å². The van der Waals surface area contributed by atoms with Gasteiger partial charge in [-0.15, -0.1) is 5.10 Å². The van der Waals surface area contributed by atoms with Gasteiger partial charge >= 0.3 is 0 Å². The molecule has 0 bridgehead atoms. The number of hydrogen-bond donors (Lipinski definition) is 1. The van der Waals surface area contributed by atoms with Crippen LogP contribution < -0.4 is 0 Å². The van der Waals surface area contributed by atoms with E-state index in [1.165, 1.54) is 17.5 Å². The number of amides is 1. The van der Waals surface area contributed by atoms with E-state index >= 15 is 0 Å². The summed E-state index contributed by atoms with van der Waals surface area (Å²) >= 11 is 0. The second-order valence-corrected chi connectivity index (χ2v) is 6.78. The molecule has 1 fully saturated rings.